The van der Waals surface area contributed by atoms with E-state index >= 15 is 0 Å². The van der Waals surface area contributed by atoms with E-state index in [1.54, 1.807) is 0 Å². The van der Waals surface area contributed by atoms with Gasteiger partial charge in [0.1, 0.15) is 11.8 Å². The van der Waals surface area contributed by atoms with Gasteiger partial charge in [0.25, 0.3) is 0 Å². The average molecular weight is 242 g/mol. The van der Waals surface area contributed by atoms with E-state index in [4.69, 9.17) is 9.68 Å². The van der Waals surface area contributed by atoms with Gasteiger partial charge in [-0.3, -0.25) is 9.69 Å². The molecule has 4 nitrogen and oxygen atoms in total. The van der Waals surface area contributed by atoms with Gasteiger partial charge in [-0.2, -0.15) is 5.26 Å². The molecule has 92 valence electrons. The summed E-state index contributed by atoms with van der Waals surface area (Å²) in [4.78, 5) is 13.9. The highest BCUT2D eigenvalue weighted by Crippen LogP contribution is 2.21. The quantitative estimate of drug-likeness (QED) is 0.756. The first-order valence-corrected chi connectivity index (χ1v) is 5.77. The normalized spacial score (nSPS) is 10.7. The van der Waals surface area contributed by atoms with Crippen LogP contribution in [0, 0.1) is 11.3 Å². The molecule has 2 aromatic rings. The minimum atomic E-state index is 0.0142. The number of fused-ring (bicyclic) bond motifs is 1. The number of hydrogen-bond donors (Lipinski definition) is 0. The number of rotatable bonds is 5. The molecule has 1 heterocycles. The van der Waals surface area contributed by atoms with E-state index in [9.17, 15) is 4.79 Å². The van der Waals surface area contributed by atoms with Gasteiger partial charge in [0, 0.05) is 18.4 Å². The van der Waals surface area contributed by atoms with Crippen molar-refractivity contribution >= 4 is 16.8 Å². The van der Waals surface area contributed by atoms with Crippen LogP contribution in [0.4, 0.5) is 0 Å². The van der Waals surface area contributed by atoms with Gasteiger partial charge in [-0.05, 0) is 13.1 Å². The van der Waals surface area contributed by atoms with Crippen LogP contribution in [0.3, 0.4) is 0 Å². The van der Waals surface area contributed by atoms with Crippen LogP contribution in [0.1, 0.15) is 16.8 Å². The first-order chi connectivity index (χ1) is 8.72. The third kappa shape index (κ3) is 2.58. The average Bonchev–Trinajstić information content (AvgIpc) is 2.80. The number of nitrogens with zero attached hydrogens (tertiary/aromatic N) is 2. The topological polar surface area (TPSA) is 57.2 Å². The van der Waals surface area contributed by atoms with E-state index in [-0.39, 0.29) is 5.78 Å². The predicted molar refractivity (Wildman–Crippen MR) is 68.3 cm³/mol. The number of hydrogen-bond acceptors (Lipinski definition) is 4. The standard InChI is InChI=1S/C14H14N2O2/c1-16(8-4-7-15)9-13(17)12-10-18-14-6-3-2-5-11(12)14/h2-3,5-6,10H,4,8-9H2,1H3. The zero-order valence-corrected chi connectivity index (χ0v) is 10.2. The van der Waals surface area contributed by atoms with E-state index in [2.05, 4.69) is 6.07 Å². The van der Waals surface area contributed by atoms with Gasteiger partial charge in [0.05, 0.1) is 18.2 Å². The number of para-hydroxylation sites is 1. The van der Waals surface area contributed by atoms with Crippen molar-refractivity contribution < 1.29 is 9.21 Å². The molecule has 0 aliphatic heterocycles. The number of Topliss-reactive ketones (excluding diaryl/α,β-unsaturated/α-hetero) is 1. The van der Waals surface area contributed by atoms with Crippen molar-refractivity contribution in [3.8, 4) is 6.07 Å². The molecule has 1 aromatic carbocycles. The molecule has 4 heteroatoms. The molecule has 0 aliphatic rings. The number of likely N-dealkylation sites (N-methyl/N-ethyl adjacent to an activating group) is 1. The summed E-state index contributed by atoms with van der Waals surface area (Å²) in [5.41, 5.74) is 1.33. The highest BCUT2D eigenvalue weighted by Gasteiger charge is 2.14. The van der Waals surface area contributed by atoms with Crippen LogP contribution >= 0.6 is 0 Å². The fraction of sp³-hybridized carbons (Fsp3) is 0.286. The first kappa shape index (κ1) is 12.3. The van der Waals surface area contributed by atoms with Crippen molar-refractivity contribution in [2.45, 2.75) is 6.42 Å². The molecule has 0 saturated heterocycles. The number of benzene rings is 1. The zero-order chi connectivity index (χ0) is 13.0. The maximum Gasteiger partial charge on any atom is 0.180 e. The summed E-state index contributed by atoms with van der Waals surface area (Å²) in [5, 5.41) is 9.34. The number of nitriles is 1. The molecular weight excluding hydrogens is 228 g/mol. The van der Waals surface area contributed by atoms with Gasteiger partial charge in [0.2, 0.25) is 0 Å². The molecule has 0 saturated carbocycles. The fourth-order valence-electron chi connectivity index (χ4n) is 1.84. The van der Waals surface area contributed by atoms with Gasteiger partial charge in [-0.25, -0.2) is 0 Å². The van der Waals surface area contributed by atoms with E-state index < -0.39 is 0 Å². The molecule has 0 aliphatic carbocycles. The van der Waals surface area contributed by atoms with Crippen molar-refractivity contribution in [3.05, 3.63) is 36.1 Å². The van der Waals surface area contributed by atoms with Gasteiger partial charge in [0.15, 0.2) is 5.78 Å². The van der Waals surface area contributed by atoms with Crippen molar-refractivity contribution in [1.29, 1.82) is 5.26 Å². The second-order valence-corrected chi connectivity index (χ2v) is 4.21. The lowest BCUT2D eigenvalue weighted by atomic mass is 10.1. The molecule has 0 fully saturated rings. The second-order valence-electron chi connectivity index (χ2n) is 4.21. The molecule has 0 unspecified atom stereocenters. The van der Waals surface area contributed by atoms with Crippen LogP contribution < -0.4 is 0 Å². The minimum Gasteiger partial charge on any atom is -0.464 e. The van der Waals surface area contributed by atoms with Crippen molar-refractivity contribution in [2.24, 2.45) is 0 Å². The first-order valence-electron chi connectivity index (χ1n) is 5.77. The fourth-order valence-corrected chi connectivity index (χ4v) is 1.84. The Morgan fingerprint density at radius 3 is 3.00 bits per heavy atom. The van der Waals surface area contributed by atoms with E-state index in [0.717, 1.165) is 11.0 Å². The Labute approximate surface area is 105 Å². The molecule has 0 atom stereocenters. The summed E-state index contributed by atoms with van der Waals surface area (Å²) in [5.74, 6) is 0.0142. The van der Waals surface area contributed by atoms with E-state index in [0.29, 0.717) is 25.1 Å². The van der Waals surface area contributed by atoms with Crippen molar-refractivity contribution in [1.82, 2.24) is 4.90 Å². The summed E-state index contributed by atoms with van der Waals surface area (Å²) in [6.45, 7) is 0.892. The number of carbonyl (C=O) groups excluding carboxylic acids is 1. The van der Waals surface area contributed by atoms with Gasteiger partial charge in [-0.15, -0.1) is 0 Å². The number of ketones is 1. The van der Waals surface area contributed by atoms with Crippen molar-refractivity contribution in [3.63, 3.8) is 0 Å². The maximum atomic E-state index is 12.1. The Hall–Kier alpha value is -2.12. The lowest BCUT2D eigenvalue weighted by Crippen LogP contribution is -2.26. The summed E-state index contributed by atoms with van der Waals surface area (Å²) < 4.78 is 5.34. The highest BCUT2D eigenvalue weighted by molar-refractivity contribution is 6.08. The minimum absolute atomic E-state index is 0.0142. The Balaban J connectivity index is 2.12. The second kappa shape index (κ2) is 5.48. The van der Waals surface area contributed by atoms with Crippen LogP contribution in [-0.2, 0) is 0 Å². The van der Waals surface area contributed by atoms with Crippen LogP contribution in [0.5, 0.6) is 0 Å². The molecule has 0 bridgehead atoms. The SMILES string of the molecule is CN(CCC#N)CC(=O)c1coc2ccccc12. The monoisotopic (exact) mass is 242 g/mol. The van der Waals surface area contributed by atoms with Gasteiger partial charge in [-0.1, -0.05) is 18.2 Å². The Morgan fingerprint density at radius 1 is 1.44 bits per heavy atom. The highest BCUT2D eigenvalue weighted by atomic mass is 16.3. The van der Waals surface area contributed by atoms with Crippen LogP contribution in [0.2, 0.25) is 0 Å². The molecule has 0 spiro atoms. The number of furan rings is 1. The smallest absolute Gasteiger partial charge is 0.180 e. The summed E-state index contributed by atoms with van der Waals surface area (Å²) in [6.07, 6.45) is 1.93. The van der Waals surface area contributed by atoms with Crippen LogP contribution in [0.15, 0.2) is 34.9 Å². The predicted octanol–water partition coefficient (Wildman–Crippen LogP) is 2.46. The lowest BCUT2D eigenvalue weighted by Gasteiger charge is -2.12. The summed E-state index contributed by atoms with van der Waals surface area (Å²) in [6, 6.07) is 9.54. The maximum absolute atomic E-state index is 12.1. The van der Waals surface area contributed by atoms with Gasteiger partial charge < -0.3 is 4.42 Å². The summed E-state index contributed by atoms with van der Waals surface area (Å²) in [7, 11) is 1.83. The number of carbonyl (C=O) groups is 1. The van der Waals surface area contributed by atoms with E-state index in [1.807, 2.05) is 36.2 Å². The molecule has 0 N–H and O–H groups in total. The zero-order valence-electron chi connectivity index (χ0n) is 10.2. The molecular formula is C14H14N2O2. The molecule has 0 amide bonds. The Kier molecular flexibility index (Phi) is 3.75. The van der Waals surface area contributed by atoms with E-state index in [1.165, 1.54) is 6.26 Å². The lowest BCUT2D eigenvalue weighted by molar-refractivity contribution is 0.0948. The van der Waals surface area contributed by atoms with Gasteiger partial charge >= 0.3 is 0 Å². The largest absolute Gasteiger partial charge is 0.464 e. The Bertz CT molecular complexity index is 595. The summed E-state index contributed by atoms with van der Waals surface area (Å²) >= 11 is 0. The molecule has 2 rings (SSSR count). The molecule has 0 radical (unpaired) electrons. The molecule has 1 aromatic heterocycles. The third-order valence-electron chi connectivity index (χ3n) is 2.80. The van der Waals surface area contributed by atoms with Crippen LogP contribution in [0.25, 0.3) is 11.0 Å². The third-order valence-corrected chi connectivity index (χ3v) is 2.80. The Morgan fingerprint density at radius 2 is 2.22 bits per heavy atom. The molecule has 18 heavy (non-hydrogen) atoms. The van der Waals surface area contributed by atoms with Crippen molar-refractivity contribution in [2.75, 3.05) is 20.1 Å². The van der Waals surface area contributed by atoms with Crippen LogP contribution in [-0.4, -0.2) is 30.8 Å².